The molecule has 5 heterocycles. The zero-order valence-corrected chi connectivity index (χ0v) is 23.7. The first-order valence-electron chi connectivity index (χ1n) is 13.5. The standard InChI is InChI=1S/C27H34BrF2N5O3/c1-26(2,3)38-25(36)35-16-6-7-17(35)14-33(13-16)23-18-12-19(29)20(28)21(30)22(18)31-24(32-23)37-15-27-8-4-10-34(27)11-5-9-27/h12,16-17H,4-11,13-15H2,1-3H3. The normalized spacial score (nSPS) is 24.8. The predicted molar refractivity (Wildman–Crippen MR) is 143 cm³/mol. The number of halogens is 3. The molecule has 2 bridgehead atoms. The Balaban J connectivity index is 1.32. The number of nitrogens with zero attached hydrogens (tertiary/aromatic N) is 5. The first kappa shape index (κ1) is 26.0. The van der Waals surface area contributed by atoms with Gasteiger partial charge in [0.25, 0.3) is 0 Å². The molecule has 4 fully saturated rings. The quantitative estimate of drug-likeness (QED) is 0.447. The molecule has 2 aromatic rings. The first-order chi connectivity index (χ1) is 18.0. The minimum atomic E-state index is -0.773. The highest BCUT2D eigenvalue weighted by atomic mass is 79.9. The Kier molecular flexibility index (Phi) is 6.45. The molecule has 1 amide bonds. The molecule has 0 spiro atoms. The molecule has 4 saturated heterocycles. The Bertz CT molecular complexity index is 1250. The molecule has 4 aliphatic heterocycles. The van der Waals surface area contributed by atoms with Crippen molar-refractivity contribution < 1.29 is 23.0 Å². The number of fused-ring (bicyclic) bond motifs is 4. The van der Waals surface area contributed by atoms with Gasteiger partial charge in [0.05, 0.1) is 22.1 Å². The number of hydrogen-bond acceptors (Lipinski definition) is 7. The maximum Gasteiger partial charge on any atom is 0.410 e. The van der Waals surface area contributed by atoms with Crippen LogP contribution in [0.25, 0.3) is 10.9 Å². The molecule has 0 saturated carbocycles. The Hall–Kier alpha value is -2.27. The van der Waals surface area contributed by atoms with E-state index in [0.29, 0.717) is 30.9 Å². The summed E-state index contributed by atoms with van der Waals surface area (Å²) in [7, 11) is 0. The van der Waals surface area contributed by atoms with Gasteiger partial charge in [0, 0.05) is 18.5 Å². The summed E-state index contributed by atoms with van der Waals surface area (Å²) in [5.74, 6) is -1.05. The molecular weight excluding hydrogens is 560 g/mol. The highest BCUT2D eigenvalue weighted by Crippen LogP contribution is 2.41. The van der Waals surface area contributed by atoms with E-state index >= 15 is 4.39 Å². The molecule has 4 aliphatic rings. The first-order valence-corrected chi connectivity index (χ1v) is 14.3. The summed E-state index contributed by atoms with van der Waals surface area (Å²) in [6.07, 6.45) is 5.75. The maximum absolute atomic E-state index is 15.3. The maximum atomic E-state index is 15.3. The van der Waals surface area contributed by atoms with Crippen LogP contribution in [0.2, 0.25) is 0 Å². The van der Waals surface area contributed by atoms with E-state index in [1.165, 1.54) is 6.07 Å². The van der Waals surface area contributed by atoms with Crippen LogP contribution in [0.3, 0.4) is 0 Å². The van der Waals surface area contributed by atoms with Gasteiger partial charge in [0.15, 0.2) is 5.82 Å². The van der Waals surface area contributed by atoms with Gasteiger partial charge in [-0.15, -0.1) is 0 Å². The van der Waals surface area contributed by atoms with E-state index in [9.17, 15) is 9.18 Å². The second kappa shape index (κ2) is 9.43. The highest BCUT2D eigenvalue weighted by Gasteiger charge is 2.46. The number of amides is 1. The van der Waals surface area contributed by atoms with Gasteiger partial charge in [-0.3, -0.25) is 9.80 Å². The van der Waals surface area contributed by atoms with E-state index in [-0.39, 0.29) is 39.7 Å². The molecule has 0 aliphatic carbocycles. The summed E-state index contributed by atoms with van der Waals surface area (Å²) < 4.78 is 41.6. The lowest BCUT2D eigenvalue weighted by molar-refractivity contribution is 0.0122. The van der Waals surface area contributed by atoms with Crippen molar-refractivity contribution in [2.24, 2.45) is 0 Å². The summed E-state index contributed by atoms with van der Waals surface area (Å²) in [5.41, 5.74) is -0.579. The lowest BCUT2D eigenvalue weighted by atomic mass is 9.95. The molecule has 0 radical (unpaired) electrons. The van der Waals surface area contributed by atoms with Gasteiger partial charge in [0.2, 0.25) is 0 Å². The third-order valence-electron chi connectivity index (χ3n) is 8.45. The van der Waals surface area contributed by atoms with Crippen molar-refractivity contribution in [2.75, 3.05) is 37.7 Å². The Labute approximate surface area is 229 Å². The fourth-order valence-electron chi connectivity index (χ4n) is 6.79. The lowest BCUT2D eigenvalue weighted by Crippen LogP contribution is -2.57. The minimum Gasteiger partial charge on any atom is -0.461 e. The number of rotatable bonds is 4. The third-order valence-corrected chi connectivity index (χ3v) is 9.18. The fourth-order valence-corrected chi connectivity index (χ4v) is 7.09. The van der Waals surface area contributed by atoms with Crippen LogP contribution in [0.5, 0.6) is 6.01 Å². The number of anilines is 1. The molecule has 2 unspecified atom stereocenters. The predicted octanol–water partition coefficient (Wildman–Crippen LogP) is 5.27. The molecule has 38 heavy (non-hydrogen) atoms. The fraction of sp³-hybridized carbons (Fsp3) is 0.667. The van der Waals surface area contributed by atoms with Crippen molar-refractivity contribution in [3.8, 4) is 6.01 Å². The summed E-state index contributed by atoms with van der Waals surface area (Å²) in [6, 6.07) is 1.22. The molecule has 0 N–H and O–H groups in total. The molecule has 8 nitrogen and oxygen atoms in total. The summed E-state index contributed by atoms with van der Waals surface area (Å²) in [4.78, 5) is 28.4. The van der Waals surface area contributed by atoms with Crippen molar-refractivity contribution in [1.82, 2.24) is 19.8 Å². The Morgan fingerprint density at radius 1 is 1.13 bits per heavy atom. The van der Waals surface area contributed by atoms with Crippen LogP contribution < -0.4 is 9.64 Å². The number of benzene rings is 1. The van der Waals surface area contributed by atoms with Crippen LogP contribution in [-0.4, -0.2) is 81.9 Å². The zero-order valence-electron chi connectivity index (χ0n) is 22.1. The molecular formula is C27H34BrF2N5O3. The topological polar surface area (TPSA) is 71.0 Å². The zero-order chi connectivity index (χ0) is 26.8. The van der Waals surface area contributed by atoms with E-state index in [4.69, 9.17) is 14.5 Å². The van der Waals surface area contributed by atoms with E-state index in [2.05, 4.69) is 25.8 Å². The lowest BCUT2D eigenvalue weighted by Gasteiger charge is -2.42. The van der Waals surface area contributed by atoms with Crippen molar-refractivity contribution in [2.45, 2.75) is 82.5 Å². The monoisotopic (exact) mass is 593 g/mol. The van der Waals surface area contributed by atoms with Gasteiger partial charge in [0.1, 0.15) is 29.4 Å². The van der Waals surface area contributed by atoms with Crippen LogP contribution in [0.4, 0.5) is 19.4 Å². The minimum absolute atomic E-state index is 0.0153. The third kappa shape index (κ3) is 4.49. The van der Waals surface area contributed by atoms with Gasteiger partial charge in [-0.05, 0) is 94.4 Å². The molecule has 206 valence electrons. The van der Waals surface area contributed by atoms with Crippen LogP contribution >= 0.6 is 15.9 Å². The number of aromatic nitrogens is 2. The summed E-state index contributed by atoms with van der Waals surface area (Å²) in [5, 5.41) is 0.294. The molecule has 11 heteroatoms. The highest BCUT2D eigenvalue weighted by molar-refractivity contribution is 9.10. The van der Waals surface area contributed by atoms with E-state index in [0.717, 1.165) is 51.6 Å². The van der Waals surface area contributed by atoms with Crippen LogP contribution in [0, 0.1) is 11.6 Å². The number of carbonyl (C=O) groups excluding carboxylic acids is 1. The SMILES string of the molecule is CC(C)(C)OC(=O)N1C2CCC1CN(c1nc(OCC34CCCN3CCC4)nc3c(F)c(Br)c(F)cc13)C2. The van der Waals surface area contributed by atoms with Crippen molar-refractivity contribution >= 4 is 38.7 Å². The number of piperazine rings is 1. The number of ether oxygens (including phenoxy) is 2. The average Bonchev–Trinajstić information content (AvgIpc) is 3.51. The van der Waals surface area contributed by atoms with Gasteiger partial charge < -0.3 is 14.4 Å². The van der Waals surface area contributed by atoms with Gasteiger partial charge >= 0.3 is 12.1 Å². The van der Waals surface area contributed by atoms with Crippen LogP contribution in [0.1, 0.15) is 59.3 Å². The molecule has 2 atom stereocenters. The van der Waals surface area contributed by atoms with E-state index in [1.807, 2.05) is 30.6 Å². The Morgan fingerprint density at radius 2 is 1.79 bits per heavy atom. The number of carbonyl (C=O) groups is 1. The smallest absolute Gasteiger partial charge is 0.410 e. The second-order valence-electron chi connectivity index (χ2n) is 12.1. The van der Waals surface area contributed by atoms with Crippen LogP contribution in [-0.2, 0) is 4.74 Å². The summed E-state index contributed by atoms with van der Waals surface area (Å²) >= 11 is 3.02. The van der Waals surface area contributed by atoms with E-state index in [1.54, 1.807) is 0 Å². The van der Waals surface area contributed by atoms with Crippen molar-refractivity contribution in [1.29, 1.82) is 0 Å². The van der Waals surface area contributed by atoms with Crippen LogP contribution in [0.15, 0.2) is 10.5 Å². The second-order valence-corrected chi connectivity index (χ2v) is 12.9. The largest absolute Gasteiger partial charge is 0.461 e. The molecule has 1 aromatic carbocycles. The van der Waals surface area contributed by atoms with Crippen molar-refractivity contribution in [3.05, 3.63) is 22.2 Å². The summed E-state index contributed by atoms with van der Waals surface area (Å²) in [6.45, 7) is 9.12. The van der Waals surface area contributed by atoms with Gasteiger partial charge in [-0.1, -0.05) is 0 Å². The van der Waals surface area contributed by atoms with E-state index < -0.39 is 17.2 Å². The number of hydrogen-bond donors (Lipinski definition) is 0. The van der Waals surface area contributed by atoms with Gasteiger partial charge in [-0.25, -0.2) is 13.6 Å². The van der Waals surface area contributed by atoms with Gasteiger partial charge in [-0.2, -0.15) is 9.97 Å². The Morgan fingerprint density at radius 3 is 2.42 bits per heavy atom. The van der Waals surface area contributed by atoms with Crippen molar-refractivity contribution in [3.63, 3.8) is 0 Å². The molecule has 1 aromatic heterocycles. The molecule has 6 rings (SSSR count). The average molecular weight is 595 g/mol.